The Bertz CT molecular complexity index is 2270. The first-order valence-corrected chi connectivity index (χ1v) is 22.7. The monoisotopic (exact) mass is 892 g/mol. The van der Waals surface area contributed by atoms with E-state index in [4.69, 9.17) is 18.5 Å². The number of carbonyl (C=O) groups excluding carboxylic acids is 5. The number of nitrogens with zero attached hydrogens (tertiary/aromatic N) is 3. The van der Waals surface area contributed by atoms with Crippen LogP contribution < -0.4 is 5.32 Å². The highest BCUT2D eigenvalue weighted by Gasteiger charge is 2.56. The summed E-state index contributed by atoms with van der Waals surface area (Å²) < 4.78 is 66.6. The van der Waals surface area contributed by atoms with Crippen LogP contribution in [0.5, 0.6) is 0 Å². The minimum Gasteiger partial charge on any atom is -0.438 e. The topological polar surface area (TPSA) is 182 Å². The van der Waals surface area contributed by atoms with Crippen LogP contribution in [0.1, 0.15) is 107 Å². The van der Waals surface area contributed by atoms with E-state index < -0.39 is 79.1 Å². The zero-order valence-corrected chi connectivity index (χ0v) is 37.3. The molecular formula is C46H55F2N4O10P. The minimum absolute atomic E-state index is 0.0499. The molecule has 3 saturated heterocycles. The number of nitriles is 1. The first kappa shape index (κ1) is 47.3. The van der Waals surface area contributed by atoms with Crippen LogP contribution in [0.15, 0.2) is 66.7 Å². The molecule has 3 fully saturated rings. The predicted molar refractivity (Wildman–Crippen MR) is 227 cm³/mol. The van der Waals surface area contributed by atoms with E-state index in [-0.39, 0.29) is 41.3 Å². The molecule has 0 aromatic heterocycles. The smallest absolute Gasteiger partial charge is 0.410 e. The van der Waals surface area contributed by atoms with Gasteiger partial charge in [0.25, 0.3) is 5.91 Å². The van der Waals surface area contributed by atoms with Crippen LogP contribution >= 0.6 is 7.60 Å². The minimum atomic E-state index is -5.61. The van der Waals surface area contributed by atoms with E-state index in [1.165, 1.54) is 65.8 Å². The predicted octanol–water partition coefficient (Wildman–Crippen LogP) is 8.01. The number of rotatable bonds is 12. The van der Waals surface area contributed by atoms with Gasteiger partial charge in [0.1, 0.15) is 12.1 Å². The van der Waals surface area contributed by atoms with Crippen molar-refractivity contribution in [3.8, 4) is 6.07 Å². The maximum Gasteiger partial charge on any atom is 0.410 e. The molecule has 3 aliphatic heterocycles. The summed E-state index contributed by atoms with van der Waals surface area (Å²) in [6.45, 7) is 7.44. The Balaban J connectivity index is 1.20. The highest BCUT2D eigenvalue weighted by molar-refractivity contribution is 7.54. The van der Waals surface area contributed by atoms with Gasteiger partial charge in [-0.1, -0.05) is 61.4 Å². The van der Waals surface area contributed by atoms with Crippen LogP contribution in [0.3, 0.4) is 0 Å². The van der Waals surface area contributed by atoms with Crippen molar-refractivity contribution >= 4 is 48.0 Å². The molecule has 0 bridgehead atoms. The van der Waals surface area contributed by atoms with E-state index in [1.54, 1.807) is 9.80 Å². The Labute approximate surface area is 366 Å². The molecule has 3 aliphatic rings. The van der Waals surface area contributed by atoms with Gasteiger partial charge < -0.3 is 24.6 Å². The fourth-order valence-electron chi connectivity index (χ4n) is 8.18. The second-order valence-electron chi connectivity index (χ2n) is 18.5. The fraction of sp³-hybridized carbons (Fsp3) is 0.522. The number of hydrogen-bond donors (Lipinski definition) is 1. The van der Waals surface area contributed by atoms with Gasteiger partial charge in [0.15, 0.2) is 0 Å². The van der Waals surface area contributed by atoms with Gasteiger partial charge in [0.05, 0.1) is 22.8 Å². The van der Waals surface area contributed by atoms with Crippen molar-refractivity contribution in [1.82, 2.24) is 15.1 Å². The van der Waals surface area contributed by atoms with Crippen molar-refractivity contribution < 1.29 is 55.8 Å². The Morgan fingerprint density at radius 1 is 0.810 bits per heavy atom. The van der Waals surface area contributed by atoms with Crippen LogP contribution in [0, 0.1) is 28.1 Å². The third-order valence-corrected chi connectivity index (χ3v) is 13.6. The van der Waals surface area contributed by atoms with Crippen LogP contribution in [0.25, 0.3) is 10.8 Å². The highest BCUT2D eigenvalue weighted by atomic mass is 31.2. The average Bonchev–Trinajstić information content (AvgIpc) is 3.87. The lowest BCUT2D eigenvalue weighted by Gasteiger charge is -2.36. The van der Waals surface area contributed by atoms with Gasteiger partial charge >= 0.3 is 25.2 Å². The molecular weight excluding hydrogens is 837 g/mol. The normalized spacial score (nSPS) is 22.1. The Morgan fingerprint density at radius 2 is 1.43 bits per heavy atom. The zero-order chi connectivity index (χ0) is 45.9. The molecule has 3 heterocycles. The molecule has 1 unspecified atom stereocenters. The number of hydrogen-bond acceptors (Lipinski definition) is 11. The summed E-state index contributed by atoms with van der Waals surface area (Å²) in [7, 11) is -5.61. The summed E-state index contributed by atoms with van der Waals surface area (Å²) >= 11 is 0. The van der Waals surface area contributed by atoms with Crippen molar-refractivity contribution in [2.45, 2.75) is 110 Å². The van der Waals surface area contributed by atoms with Crippen molar-refractivity contribution in [2.75, 3.05) is 26.7 Å². The number of benzene rings is 3. The van der Waals surface area contributed by atoms with Gasteiger partial charge in [-0.3, -0.25) is 37.6 Å². The van der Waals surface area contributed by atoms with Crippen molar-refractivity contribution in [3.63, 3.8) is 0 Å². The van der Waals surface area contributed by atoms with Crippen LogP contribution in [-0.2, 0) is 47.9 Å². The number of carbonyl (C=O) groups is 5. The average molecular weight is 893 g/mol. The highest BCUT2D eigenvalue weighted by Crippen LogP contribution is 2.67. The Morgan fingerprint density at radius 3 is 2.05 bits per heavy atom. The lowest BCUT2D eigenvalue weighted by molar-refractivity contribution is -0.163. The third kappa shape index (κ3) is 10.4. The largest absolute Gasteiger partial charge is 0.438 e. The molecule has 6 rings (SSSR count). The van der Waals surface area contributed by atoms with E-state index in [0.717, 1.165) is 24.1 Å². The maximum absolute atomic E-state index is 16.4. The molecule has 0 saturated carbocycles. The van der Waals surface area contributed by atoms with Crippen molar-refractivity contribution in [3.05, 3.63) is 83.4 Å². The molecule has 14 nitrogen and oxygen atoms in total. The third-order valence-electron chi connectivity index (χ3n) is 11.8. The first-order chi connectivity index (χ1) is 29.6. The summed E-state index contributed by atoms with van der Waals surface area (Å²) in [5.74, 6) is -3.43. The summed E-state index contributed by atoms with van der Waals surface area (Å²) in [4.78, 5) is 70.4. The van der Waals surface area contributed by atoms with Gasteiger partial charge in [0, 0.05) is 36.2 Å². The van der Waals surface area contributed by atoms with E-state index in [1.807, 2.05) is 30.3 Å². The molecule has 0 aliphatic carbocycles. The van der Waals surface area contributed by atoms with E-state index in [2.05, 4.69) is 11.4 Å². The fourth-order valence-corrected chi connectivity index (χ4v) is 9.41. The second kappa shape index (κ2) is 18.9. The molecule has 3 amide bonds. The van der Waals surface area contributed by atoms with E-state index >= 15 is 8.78 Å². The number of alkyl halides is 2. The standard InChI is InChI=1S/C46H55F2N4O10P/c1-44(2,3)42(56)59-27-61-63(58,62-28-60-43(57)45(4,5)6)46(47,48)34-19-18-29-16-17-31(22-32(29)23-34)39(53)50-37-15-11-10-14-35-20-21-38(52(35)40(37)54)41(55)51-25-33(24-49)36(26-51)30-12-8-7-9-13-30/h7-9,12-13,16-19,22-23,33,35-38H,10-11,14-15,20-21,25-28H2,1-6H3,(H,50,53)/t33-,35-,36?,37-,38-/m0/s1. The number of halogens is 2. The van der Waals surface area contributed by atoms with Crippen LogP contribution in [0.4, 0.5) is 8.78 Å². The number of ether oxygens (including phenoxy) is 2. The van der Waals surface area contributed by atoms with Gasteiger partial charge in [-0.15, -0.1) is 0 Å². The van der Waals surface area contributed by atoms with Gasteiger partial charge in [0.2, 0.25) is 25.4 Å². The SMILES string of the molecule is CC(C)(C)C(=O)OCOP(=O)(OCOC(=O)C(C)(C)C)C(F)(F)c1ccc2ccc(C(=O)N[C@H]3CCCC[C@H]4CC[C@@H](C(=O)N5CC(c6ccccc6)[C@@H](C#N)C5)N4C3=O)cc2c1. The summed E-state index contributed by atoms with van der Waals surface area (Å²) in [6.07, 6.45) is 3.56. The number of amides is 3. The van der Waals surface area contributed by atoms with Crippen molar-refractivity contribution in [1.29, 1.82) is 5.26 Å². The maximum atomic E-state index is 16.4. The molecule has 63 heavy (non-hydrogen) atoms. The first-order valence-electron chi connectivity index (χ1n) is 21.2. The molecule has 338 valence electrons. The van der Waals surface area contributed by atoms with E-state index in [0.29, 0.717) is 44.0 Å². The number of esters is 2. The van der Waals surface area contributed by atoms with Gasteiger partial charge in [-0.05, 0) is 102 Å². The van der Waals surface area contributed by atoms with Crippen molar-refractivity contribution in [2.24, 2.45) is 16.7 Å². The molecule has 17 heteroatoms. The van der Waals surface area contributed by atoms with E-state index in [9.17, 15) is 33.8 Å². The second-order valence-corrected chi connectivity index (χ2v) is 20.5. The Hall–Kier alpha value is -5.23. The summed E-state index contributed by atoms with van der Waals surface area (Å²) in [6, 6.07) is 17.8. The number of nitrogens with one attached hydrogen (secondary N) is 1. The number of likely N-dealkylation sites (tertiary alicyclic amines) is 1. The molecule has 0 spiro atoms. The Kier molecular flexibility index (Phi) is 14.1. The zero-order valence-electron chi connectivity index (χ0n) is 36.4. The number of fused-ring (bicyclic) bond motifs is 2. The molecule has 3 aromatic rings. The van der Waals surface area contributed by atoms with Crippen LogP contribution in [0.2, 0.25) is 0 Å². The molecule has 5 atom stereocenters. The lowest BCUT2D eigenvalue weighted by atomic mass is 9.90. The van der Waals surface area contributed by atoms with Crippen LogP contribution in [-0.4, -0.2) is 84.3 Å². The lowest BCUT2D eigenvalue weighted by Crippen LogP contribution is -2.56. The van der Waals surface area contributed by atoms with Gasteiger partial charge in [-0.2, -0.15) is 14.0 Å². The molecule has 0 radical (unpaired) electrons. The van der Waals surface area contributed by atoms with Gasteiger partial charge in [-0.25, -0.2) is 0 Å². The summed E-state index contributed by atoms with van der Waals surface area (Å²) in [5.41, 5.74) is -6.27. The molecule has 1 N–H and O–H groups in total. The quantitative estimate of drug-likeness (QED) is 0.106. The summed E-state index contributed by atoms with van der Waals surface area (Å²) in [5, 5.41) is 13.4. The molecule has 3 aromatic carbocycles.